The number of aromatic hydroxyl groups is 1. The number of benzene rings is 4. The summed E-state index contributed by atoms with van der Waals surface area (Å²) in [5.74, 6) is -8.67. The Bertz CT molecular complexity index is 2390. The third kappa shape index (κ3) is 6.11. The molecule has 15 heteroatoms. The topological polar surface area (TPSA) is 125 Å². The van der Waals surface area contributed by atoms with E-state index in [9.17, 15) is 32.7 Å². The van der Waals surface area contributed by atoms with Gasteiger partial charge in [-0.2, -0.15) is 5.01 Å². The lowest BCUT2D eigenvalue weighted by molar-refractivity contribution is -0.274. The van der Waals surface area contributed by atoms with Gasteiger partial charge in [0.2, 0.25) is 11.8 Å². The Kier molecular flexibility index (Phi) is 9.35. The fourth-order valence-corrected chi connectivity index (χ4v) is 9.61. The van der Waals surface area contributed by atoms with Gasteiger partial charge in [-0.3, -0.25) is 29.5 Å². The SMILES string of the molecule is C=Cc1ccc(N2C(=O)C3CC=C4C(CC5C(=O)N(Nc6ccc(Cl)cc6Cl)C(=O)C5(c5ccc(OC)cc5)C4c4cc(OC(F)(F)F)ccc4O)C3C2=O)cc1. The van der Waals surface area contributed by atoms with E-state index in [1.807, 2.05) is 0 Å². The van der Waals surface area contributed by atoms with Gasteiger partial charge >= 0.3 is 6.36 Å². The van der Waals surface area contributed by atoms with E-state index in [4.69, 9.17) is 27.9 Å². The van der Waals surface area contributed by atoms with E-state index in [-0.39, 0.29) is 39.7 Å². The first-order chi connectivity index (χ1) is 27.2. The first kappa shape index (κ1) is 38.1. The highest BCUT2D eigenvalue weighted by Crippen LogP contribution is 2.65. The summed E-state index contributed by atoms with van der Waals surface area (Å²) >= 11 is 12.6. The molecule has 4 amide bonds. The van der Waals surface area contributed by atoms with Crippen LogP contribution in [-0.4, -0.2) is 47.2 Å². The Morgan fingerprint density at radius 3 is 2.25 bits per heavy atom. The van der Waals surface area contributed by atoms with E-state index in [1.165, 1.54) is 25.3 Å². The molecule has 2 aliphatic heterocycles. The Labute approximate surface area is 334 Å². The third-order valence-corrected chi connectivity index (χ3v) is 12.1. The van der Waals surface area contributed by atoms with Crippen molar-refractivity contribution >= 4 is 64.3 Å². The largest absolute Gasteiger partial charge is 0.573 e. The number of rotatable bonds is 8. The number of carbonyl (C=O) groups excluding carboxylic acids is 4. The number of allylic oxidation sites excluding steroid dienone is 2. The van der Waals surface area contributed by atoms with Crippen LogP contribution in [-0.2, 0) is 24.6 Å². The second kappa shape index (κ2) is 14.0. The maximum atomic E-state index is 15.4. The van der Waals surface area contributed by atoms with Crippen molar-refractivity contribution in [2.75, 3.05) is 17.4 Å². The van der Waals surface area contributed by atoms with Crippen LogP contribution in [0.1, 0.15) is 35.4 Å². The molecule has 2 saturated heterocycles. The number of nitrogens with zero attached hydrogens (tertiary/aromatic N) is 2. The predicted octanol–water partition coefficient (Wildman–Crippen LogP) is 8.44. The van der Waals surface area contributed by atoms with E-state index >= 15 is 4.79 Å². The van der Waals surface area contributed by atoms with Crippen molar-refractivity contribution in [3.8, 4) is 17.2 Å². The summed E-state index contributed by atoms with van der Waals surface area (Å²) < 4.78 is 50.7. The number of fused-ring (bicyclic) bond motifs is 4. The number of alkyl halides is 3. The molecule has 6 atom stereocenters. The number of hydrogen-bond acceptors (Lipinski definition) is 8. The monoisotopic (exact) mass is 817 g/mol. The van der Waals surface area contributed by atoms with Crippen LogP contribution in [0.25, 0.3) is 6.08 Å². The molecular formula is C42H32Cl2F3N3O7. The summed E-state index contributed by atoms with van der Waals surface area (Å²) in [6, 6.07) is 20.3. The minimum absolute atomic E-state index is 0.0339. The van der Waals surface area contributed by atoms with Crippen LogP contribution >= 0.6 is 23.2 Å². The zero-order chi connectivity index (χ0) is 40.6. The van der Waals surface area contributed by atoms with Gasteiger partial charge in [-0.1, -0.05) is 71.8 Å². The van der Waals surface area contributed by atoms with Crippen molar-refractivity contribution in [3.63, 3.8) is 0 Å². The minimum Gasteiger partial charge on any atom is -0.508 e. The first-order valence-corrected chi connectivity index (χ1v) is 18.6. The number of imide groups is 2. The molecule has 0 aromatic heterocycles. The lowest BCUT2D eigenvalue weighted by Crippen LogP contribution is -2.53. The summed E-state index contributed by atoms with van der Waals surface area (Å²) in [6.07, 6.45) is -1.86. The van der Waals surface area contributed by atoms with Crippen molar-refractivity contribution in [3.05, 3.63) is 130 Å². The quantitative estimate of drug-likeness (QED) is 0.134. The molecule has 4 aromatic carbocycles. The second-order valence-corrected chi connectivity index (χ2v) is 15.1. The standard InChI is InChI=1S/C42H32Cl2F3N3O7/c1-3-21-4-9-24(10-5-21)49-37(52)28-15-14-27-29(35(28)39(49)54)20-31-38(53)50(48-33-16-8-23(43)18-32(33)44)40(55)41(31,22-6-11-25(56-2)12-7-22)36(27)30-19-26(13-17-34(30)51)57-42(45,46)47/h3-14,16-19,28-29,31,35-36,48,51H,1,15,20H2,2H3. The summed E-state index contributed by atoms with van der Waals surface area (Å²) in [6.45, 7) is 3.75. The molecule has 0 radical (unpaired) electrons. The molecule has 292 valence electrons. The van der Waals surface area contributed by atoms with E-state index < -0.39 is 76.5 Å². The molecule has 0 spiro atoms. The highest BCUT2D eigenvalue weighted by atomic mass is 35.5. The van der Waals surface area contributed by atoms with Crippen LogP contribution in [0.5, 0.6) is 17.2 Å². The Morgan fingerprint density at radius 1 is 0.895 bits per heavy atom. The van der Waals surface area contributed by atoms with Gasteiger partial charge in [0.05, 0.1) is 46.7 Å². The number of hydrazine groups is 1. The Balaban J connectivity index is 1.35. The summed E-state index contributed by atoms with van der Waals surface area (Å²) in [4.78, 5) is 60.1. The van der Waals surface area contributed by atoms with Crippen molar-refractivity contribution in [2.45, 2.75) is 30.5 Å². The van der Waals surface area contributed by atoms with Crippen molar-refractivity contribution in [1.82, 2.24) is 5.01 Å². The molecular weight excluding hydrogens is 786 g/mol. The minimum atomic E-state index is -5.11. The molecule has 2 heterocycles. The van der Waals surface area contributed by atoms with Crippen molar-refractivity contribution < 1.29 is 46.9 Å². The maximum absolute atomic E-state index is 15.4. The number of methoxy groups -OCH3 is 1. The molecule has 3 fully saturated rings. The van der Waals surface area contributed by atoms with Gasteiger partial charge in [0.1, 0.15) is 17.2 Å². The number of halogens is 5. The molecule has 4 aliphatic rings. The van der Waals surface area contributed by atoms with Gasteiger partial charge in [0.25, 0.3) is 11.8 Å². The predicted molar refractivity (Wildman–Crippen MR) is 204 cm³/mol. The molecule has 8 rings (SSSR count). The molecule has 2 N–H and O–H groups in total. The number of amides is 4. The normalized spacial score (nSPS) is 25.4. The van der Waals surface area contributed by atoms with E-state index in [0.29, 0.717) is 17.0 Å². The Morgan fingerprint density at radius 2 is 1.60 bits per heavy atom. The van der Waals surface area contributed by atoms with E-state index in [0.717, 1.165) is 33.7 Å². The number of ether oxygens (including phenoxy) is 2. The number of phenolic OH excluding ortho intramolecular Hbond substituents is 1. The van der Waals surface area contributed by atoms with Crippen molar-refractivity contribution in [2.24, 2.45) is 23.7 Å². The summed E-state index contributed by atoms with van der Waals surface area (Å²) in [7, 11) is 1.44. The zero-order valence-corrected chi connectivity index (χ0v) is 31.4. The number of anilines is 2. The number of phenols is 1. The highest BCUT2D eigenvalue weighted by Gasteiger charge is 2.70. The molecule has 10 nitrogen and oxygen atoms in total. The van der Waals surface area contributed by atoms with Crippen LogP contribution in [0.15, 0.2) is 103 Å². The van der Waals surface area contributed by atoms with E-state index in [1.54, 1.807) is 60.7 Å². The molecule has 2 aliphatic carbocycles. The van der Waals surface area contributed by atoms with Crippen LogP contribution in [0.3, 0.4) is 0 Å². The van der Waals surface area contributed by atoms with Gasteiger partial charge in [-0.05, 0) is 90.6 Å². The molecule has 6 unspecified atom stereocenters. The number of hydrogen-bond donors (Lipinski definition) is 2. The fraction of sp³-hybridized carbons (Fsp3) is 0.238. The van der Waals surface area contributed by atoms with Gasteiger partial charge in [-0.15, -0.1) is 13.2 Å². The molecule has 57 heavy (non-hydrogen) atoms. The van der Waals surface area contributed by atoms with Gasteiger partial charge in [0, 0.05) is 16.5 Å². The number of carbonyl (C=O) groups is 4. The van der Waals surface area contributed by atoms with Gasteiger partial charge in [-0.25, -0.2) is 0 Å². The van der Waals surface area contributed by atoms with Crippen molar-refractivity contribution in [1.29, 1.82) is 0 Å². The van der Waals surface area contributed by atoms with Crippen LogP contribution < -0.4 is 19.8 Å². The average Bonchev–Trinajstić information content (AvgIpc) is 3.56. The zero-order valence-electron chi connectivity index (χ0n) is 29.9. The lowest BCUT2D eigenvalue weighted by Gasteiger charge is -2.50. The lowest BCUT2D eigenvalue weighted by atomic mass is 9.49. The maximum Gasteiger partial charge on any atom is 0.573 e. The molecule has 0 bridgehead atoms. The summed E-state index contributed by atoms with van der Waals surface area (Å²) in [5, 5.41) is 12.8. The Hall–Kier alpha value is -5.79. The molecule has 4 aromatic rings. The van der Waals surface area contributed by atoms with Gasteiger partial charge in [0.15, 0.2) is 0 Å². The number of nitrogens with one attached hydrogen (secondary N) is 1. The van der Waals surface area contributed by atoms with Gasteiger partial charge < -0.3 is 14.6 Å². The summed E-state index contributed by atoms with van der Waals surface area (Å²) in [5.41, 5.74) is 2.69. The fourth-order valence-electron chi connectivity index (χ4n) is 9.16. The highest BCUT2D eigenvalue weighted by molar-refractivity contribution is 6.36. The first-order valence-electron chi connectivity index (χ1n) is 17.8. The smallest absolute Gasteiger partial charge is 0.508 e. The van der Waals surface area contributed by atoms with E-state index in [2.05, 4.69) is 16.7 Å². The molecule has 1 saturated carbocycles. The van der Waals surface area contributed by atoms with Crippen LogP contribution in [0.2, 0.25) is 10.0 Å². The van der Waals surface area contributed by atoms with Crippen LogP contribution in [0, 0.1) is 23.7 Å². The van der Waals surface area contributed by atoms with Crippen LogP contribution in [0.4, 0.5) is 24.5 Å². The average molecular weight is 819 g/mol. The third-order valence-electron chi connectivity index (χ3n) is 11.5. The second-order valence-electron chi connectivity index (χ2n) is 14.3.